The average molecular weight is 459 g/mol. The number of benzene rings is 1. The standard InChI is InChI=1S/C22H34N2O.C4H4O4/c1-16(2)17-6-8-19-18(14-17)7-9-20-21(3,15-24-25-13-12-23)10-5-11-22(19,20)4;5-3(6)1-2-4(7)8/h6,8,14-16,20H,5,7,9-13,23H2,1-4H3;1-2H,(H,5,6)(H,7,8)/b24-15+;2-1+/t20-,21-,22+;/m0./s1. The highest BCUT2D eigenvalue weighted by molar-refractivity contribution is 5.89. The number of hydrogen-bond acceptors (Lipinski definition) is 5. The molecule has 33 heavy (non-hydrogen) atoms. The van der Waals surface area contributed by atoms with E-state index in [4.69, 9.17) is 20.8 Å². The van der Waals surface area contributed by atoms with Crippen LogP contribution in [0, 0.1) is 11.3 Å². The lowest BCUT2D eigenvalue weighted by molar-refractivity contribution is -0.134. The fourth-order valence-electron chi connectivity index (χ4n) is 5.48. The highest BCUT2D eigenvalue weighted by atomic mass is 16.6. The van der Waals surface area contributed by atoms with Gasteiger partial charge in [-0.15, -0.1) is 0 Å². The summed E-state index contributed by atoms with van der Waals surface area (Å²) in [5, 5.41) is 19.9. The number of nitrogens with zero attached hydrogens (tertiary/aromatic N) is 1. The fraction of sp³-hybridized carbons (Fsp3) is 0.577. The van der Waals surface area contributed by atoms with Crippen LogP contribution in [0.15, 0.2) is 35.5 Å². The van der Waals surface area contributed by atoms with Gasteiger partial charge in [0.05, 0.1) is 0 Å². The Morgan fingerprint density at radius 3 is 2.45 bits per heavy atom. The van der Waals surface area contributed by atoms with Gasteiger partial charge in [-0.1, -0.05) is 57.5 Å². The first-order chi connectivity index (χ1) is 15.5. The van der Waals surface area contributed by atoms with E-state index >= 15 is 0 Å². The predicted octanol–water partition coefficient (Wildman–Crippen LogP) is 4.49. The Labute approximate surface area is 196 Å². The zero-order chi connectivity index (χ0) is 24.6. The minimum Gasteiger partial charge on any atom is -0.478 e. The van der Waals surface area contributed by atoms with Gasteiger partial charge in [0.1, 0.15) is 6.61 Å². The second-order valence-corrected chi connectivity index (χ2v) is 9.81. The number of rotatable bonds is 7. The third-order valence-electron chi connectivity index (χ3n) is 7.09. The van der Waals surface area contributed by atoms with Crippen LogP contribution in [0.2, 0.25) is 0 Å². The molecule has 0 unspecified atom stereocenters. The molecule has 0 spiro atoms. The molecule has 0 amide bonds. The predicted molar refractivity (Wildman–Crippen MR) is 130 cm³/mol. The number of carbonyl (C=O) groups is 2. The van der Waals surface area contributed by atoms with Gasteiger partial charge in [0.15, 0.2) is 0 Å². The molecule has 4 N–H and O–H groups in total. The molecule has 0 aromatic heterocycles. The van der Waals surface area contributed by atoms with E-state index in [2.05, 4.69) is 57.3 Å². The summed E-state index contributed by atoms with van der Waals surface area (Å²) in [6, 6.07) is 7.23. The van der Waals surface area contributed by atoms with E-state index in [1.54, 1.807) is 11.1 Å². The van der Waals surface area contributed by atoms with E-state index < -0.39 is 11.9 Å². The normalized spacial score (nSPS) is 26.4. The molecule has 7 heteroatoms. The quantitative estimate of drug-likeness (QED) is 0.239. The summed E-state index contributed by atoms with van der Waals surface area (Å²) < 4.78 is 0. The van der Waals surface area contributed by atoms with Crippen LogP contribution in [-0.2, 0) is 26.3 Å². The van der Waals surface area contributed by atoms with Crippen LogP contribution < -0.4 is 5.73 Å². The van der Waals surface area contributed by atoms with Crippen LogP contribution in [0.4, 0.5) is 0 Å². The van der Waals surface area contributed by atoms with Crippen molar-refractivity contribution in [2.24, 2.45) is 22.2 Å². The number of fused-ring (bicyclic) bond motifs is 3. The lowest BCUT2D eigenvalue weighted by Crippen LogP contribution is -2.49. The molecule has 182 valence electrons. The molecule has 2 aliphatic carbocycles. The number of aryl methyl sites for hydroxylation is 1. The van der Waals surface area contributed by atoms with Crippen molar-refractivity contribution in [2.45, 2.75) is 71.1 Å². The van der Waals surface area contributed by atoms with E-state index in [0.29, 0.717) is 37.1 Å². The Hall–Kier alpha value is -2.67. The molecule has 2 aliphatic rings. The average Bonchev–Trinajstić information content (AvgIpc) is 2.75. The summed E-state index contributed by atoms with van der Waals surface area (Å²) in [7, 11) is 0. The van der Waals surface area contributed by atoms with Gasteiger partial charge in [-0.3, -0.25) is 0 Å². The van der Waals surface area contributed by atoms with Crippen molar-refractivity contribution in [1.82, 2.24) is 0 Å². The summed E-state index contributed by atoms with van der Waals surface area (Å²) in [5.41, 5.74) is 10.5. The molecule has 3 atom stereocenters. The third-order valence-corrected chi connectivity index (χ3v) is 7.09. The molecule has 1 saturated carbocycles. The first-order valence-electron chi connectivity index (χ1n) is 11.7. The Bertz CT molecular complexity index is 879. The maximum atomic E-state index is 9.55. The smallest absolute Gasteiger partial charge is 0.328 e. The van der Waals surface area contributed by atoms with E-state index in [0.717, 1.165) is 0 Å². The van der Waals surface area contributed by atoms with Gasteiger partial charge in [0.2, 0.25) is 0 Å². The zero-order valence-electron chi connectivity index (χ0n) is 20.2. The largest absolute Gasteiger partial charge is 0.478 e. The van der Waals surface area contributed by atoms with Gasteiger partial charge < -0.3 is 20.8 Å². The summed E-state index contributed by atoms with van der Waals surface area (Å²) >= 11 is 0. The van der Waals surface area contributed by atoms with Gasteiger partial charge in [-0.2, -0.15) is 0 Å². The second kappa shape index (κ2) is 11.5. The SMILES string of the molecule is CC(C)c1ccc2c(c1)CC[C@H]1[C@](C)(/C=N/OCCN)CCC[C@]21C.O=C(O)/C=C/C(=O)O. The molecule has 0 aliphatic heterocycles. The van der Waals surface area contributed by atoms with Crippen molar-refractivity contribution < 1.29 is 24.6 Å². The minimum atomic E-state index is -1.26. The van der Waals surface area contributed by atoms with Crippen LogP contribution >= 0.6 is 0 Å². The Balaban J connectivity index is 0.000000414. The highest BCUT2D eigenvalue weighted by Crippen LogP contribution is 2.56. The van der Waals surface area contributed by atoms with Crippen molar-refractivity contribution >= 4 is 18.2 Å². The topological polar surface area (TPSA) is 122 Å². The summed E-state index contributed by atoms with van der Waals surface area (Å²) in [5.74, 6) is -1.30. The molecular formula is C26H38N2O5. The monoisotopic (exact) mass is 458 g/mol. The molecule has 1 aromatic rings. The Kier molecular flexibility index (Phi) is 9.23. The van der Waals surface area contributed by atoms with Crippen molar-refractivity contribution in [3.05, 3.63) is 47.0 Å². The summed E-state index contributed by atoms with van der Waals surface area (Å²) in [4.78, 5) is 24.4. The van der Waals surface area contributed by atoms with Crippen LogP contribution in [0.5, 0.6) is 0 Å². The van der Waals surface area contributed by atoms with Gasteiger partial charge in [-0.25, -0.2) is 9.59 Å². The van der Waals surface area contributed by atoms with Crippen molar-refractivity contribution in [2.75, 3.05) is 13.2 Å². The molecule has 1 aromatic carbocycles. The summed E-state index contributed by atoms with van der Waals surface area (Å²) in [6.07, 6.45) is 9.34. The number of carboxylic acid groups (broad SMARTS) is 2. The molecule has 3 rings (SSSR count). The number of hydrogen-bond donors (Lipinski definition) is 3. The van der Waals surface area contributed by atoms with Crippen LogP contribution in [0.3, 0.4) is 0 Å². The molecule has 0 saturated heterocycles. The van der Waals surface area contributed by atoms with E-state index in [9.17, 15) is 9.59 Å². The molecule has 0 heterocycles. The second-order valence-electron chi connectivity index (χ2n) is 9.81. The fourth-order valence-corrected chi connectivity index (χ4v) is 5.48. The first kappa shape index (κ1) is 26.6. The van der Waals surface area contributed by atoms with Crippen molar-refractivity contribution in [3.63, 3.8) is 0 Å². The molecule has 0 radical (unpaired) electrons. The maximum absolute atomic E-state index is 9.55. The lowest BCUT2D eigenvalue weighted by Gasteiger charge is -2.54. The van der Waals surface area contributed by atoms with E-state index in [-0.39, 0.29) is 10.8 Å². The first-order valence-corrected chi connectivity index (χ1v) is 11.7. The Morgan fingerprint density at radius 2 is 1.88 bits per heavy atom. The zero-order valence-corrected chi connectivity index (χ0v) is 20.2. The van der Waals surface area contributed by atoms with Crippen molar-refractivity contribution in [1.29, 1.82) is 0 Å². The lowest BCUT2D eigenvalue weighted by atomic mass is 9.50. The van der Waals surface area contributed by atoms with Gasteiger partial charge in [0.25, 0.3) is 0 Å². The van der Waals surface area contributed by atoms with Gasteiger partial charge in [-0.05, 0) is 59.6 Å². The van der Waals surface area contributed by atoms with Crippen LogP contribution in [-0.4, -0.2) is 41.5 Å². The van der Waals surface area contributed by atoms with Crippen LogP contribution in [0.1, 0.15) is 76.0 Å². The van der Waals surface area contributed by atoms with Gasteiger partial charge in [0, 0.05) is 30.3 Å². The minimum absolute atomic E-state index is 0.107. The molecular weight excluding hydrogens is 420 g/mol. The number of aliphatic carboxylic acids is 2. The van der Waals surface area contributed by atoms with Crippen molar-refractivity contribution in [3.8, 4) is 0 Å². The number of oxime groups is 1. The third kappa shape index (κ3) is 6.67. The summed E-state index contributed by atoms with van der Waals surface area (Å²) in [6.45, 7) is 10.4. The van der Waals surface area contributed by atoms with Crippen LogP contribution in [0.25, 0.3) is 0 Å². The molecule has 1 fully saturated rings. The molecule has 7 nitrogen and oxygen atoms in total. The number of nitrogens with two attached hydrogens (primary N) is 1. The van der Waals surface area contributed by atoms with E-state index in [1.165, 1.54) is 37.7 Å². The van der Waals surface area contributed by atoms with Gasteiger partial charge >= 0.3 is 11.9 Å². The Morgan fingerprint density at radius 1 is 1.21 bits per heavy atom. The van der Waals surface area contributed by atoms with E-state index in [1.807, 2.05) is 0 Å². The molecule has 0 bridgehead atoms. The maximum Gasteiger partial charge on any atom is 0.328 e. The highest BCUT2D eigenvalue weighted by Gasteiger charge is 2.51. The number of carboxylic acids is 2.